The number of nitrogens with zero attached hydrogens (tertiary/aromatic N) is 3. The third-order valence-corrected chi connectivity index (χ3v) is 3.16. The number of rotatable bonds is 2. The molecule has 0 fully saturated rings. The highest BCUT2D eigenvalue weighted by molar-refractivity contribution is 9.10. The van der Waals surface area contributed by atoms with Gasteiger partial charge in [0.1, 0.15) is 6.33 Å². The summed E-state index contributed by atoms with van der Waals surface area (Å²) in [5.74, 6) is 6.01. The van der Waals surface area contributed by atoms with Crippen LogP contribution in [-0.4, -0.2) is 22.1 Å². The summed E-state index contributed by atoms with van der Waals surface area (Å²) in [6.07, 6.45) is 6.49. The molecule has 0 unspecified atom stereocenters. The van der Waals surface area contributed by atoms with Crippen LogP contribution in [0.15, 0.2) is 35.5 Å². The lowest BCUT2D eigenvalue weighted by Gasteiger charge is -2.10. The summed E-state index contributed by atoms with van der Waals surface area (Å²) in [6.45, 7) is 1.94. The van der Waals surface area contributed by atoms with Gasteiger partial charge in [-0.25, -0.2) is 9.97 Å². The number of methoxy groups -OCH3 is 1. The predicted molar refractivity (Wildman–Crippen MR) is 75.4 cm³/mol. The molecule has 2 heterocycles. The van der Waals surface area contributed by atoms with E-state index in [4.69, 9.17) is 4.74 Å². The van der Waals surface area contributed by atoms with Gasteiger partial charge in [0.05, 0.1) is 17.4 Å². The van der Waals surface area contributed by atoms with Gasteiger partial charge in [-0.1, -0.05) is 11.8 Å². The van der Waals surface area contributed by atoms with Crippen LogP contribution in [0.1, 0.15) is 29.8 Å². The summed E-state index contributed by atoms with van der Waals surface area (Å²) in [5.41, 5.74) is 2.45. The van der Waals surface area contributed by atoms with Crippen molar-refractivity contribution in [3.05, 3.63) is 52.3 Å². The van der Waals surface area contributed by atoms with E-state index < -0.39 is 0 Å². The van der Waals surface area contributed by atoms with E-state index in [1.165, 1.54) is 6.33 Å². The molecule has 2 aromatic heterocycles. The molecule has 19 heavy (non-hydrogen) atoms. The van der Waals surface area contributed by atoms with Crippen LogP contribution in [0.5, 0.6) is 0 Å². The van der Waals surface area contributed by atoms with Gasteiger partial charge in [-0.05, 0) is 28.9 Å². The Labute approximate surface area is 120 Å². The zero-order chi connectivity index (χ0) is 13.7. The minimum absolute atomic E-state index is 0.0566. The maximum Gasteiger partial charge on any atom is 0.115 e. The molecule has 0 aliphatic rings. The maximum atomic E-state index is 5.24. The van der Waals surface area contributed by atoms with Crippen molar-refractivity contribution in [3.63, 3.8) is 0 Å². The van der Waals surface area contributed by atoms with Gasteiger partial charge in [-0.2, -0.15) is 0 Å². The Balaban J connectivity index is 2.24. The van der Waals surface area contributed by atoms with Crippen molar-refractivity contribution in [2.24, 2.45) is 0 Å². The molecule has 0 aromatic carbocycles. The van der Waals surface area contributed by atoms with E-state index in [-0.39, 0.29) is 6.10 Å². The number of hydrogen-bond donors (Lipinski definition) is 0. The fourth-order valence-electron chi connectivity index (χ4n) is 1.44. The molecule has 0 radical (unpaired) electrons. The lowest BCUT2D eigenvalue weighted by atomic mass is 10.2. The van der Waals surface area contributed by atoms with Gasteiger partial charge in [0.15, 0.2) is 0 Å². The molecule has 0 aliphatic heterocycles. The SMILES string of the molecule is CO[C@@H](C)c1ncc(C#Cc2cncnc2)cc1Br. The second-order valence-corrected chi connectivity index (χ2v) is 4.70. The van der Waals surface area contributed by atoms with Crippen LogP contribution in [0.2, 0.25) is 0 Å². The number of aromatic nitrogens is 3. The normalized spacial score (nSPS) is 11.5. The Morgan fingerprint density at radius 1 is 1.16 bits per heavy atom. The molecule has 4 nitrogen and oxygen atoms in total. The Kier molecular flexibility index (Phi) is 4.61. The number of hydrogen-bond acceptors (Lipinski definition) is 4. The third kappa shape index (κ3) is 3.60. The lowest BCUT2D eigenvalue weighted by Crippen LogP contribution is -2.00. The largest absolute Gasteiger partial charge is 0.375 e. The zero-order valence-electron chi connectivity index (χ0n) is 10.6. The van der Waals surface area contributed by atoms with Crippen LogP contribution in [0, 0.1) is 11.8 Å². The molecule has 96 valence electrons. The van der Waals surface area contributed by atoms with E-state index >= 15 is 0 Å². The highest BCUT2D eigenvalue weighted by Crippen LogP contribution is 2.23. The Bertz CT molecular complexity index is 620. The predicted octanol–water partition coefficient (Wildman–Crippen LogP) is 2.74. The van der Waals surface area contributed by atoms with Crippen molar-refractivity contribution in [1.29, 1.82) is 0 Å². The molecule has 0 saturated heterocycles. The minimum Gasteiger partial charge on any atom is -0.375 e. The number of ether oxygens (including phenoxy) is 1. The van der Waals surface area contributed by atoms with Crippen molar-refractivity contribution in [1.82, 2.24) is 15.0 Å². The van der Waals surface area contributed by atoms with Crippen molar-refractivity contribution >= 4 is 15.9 Å². The second-order valence-electron chi connectivity index (χ2n) is 3.85. The van der Waals surface area contributed by atoms with Crippen LogP contribution in [0.25, 0.3) is 0 Å². The molecule has 0 N–H and O–H groups in total. The standard InChI is InChI=1S/C14H12BrN3O/c1-10(19-2)14-13(15)5-11(8-18-14)3-4-12-6-16-9-17-7-12/h5-10H,1-2H3/t10-/m0/s1. The first-order chi connectivity index (χ1) is 9.20. The first-order valence-electron chi connectivity index (χ1n) is 5.66. The van der Waals surface area contributed by atoms with Crippen LogP contribution >= 0.6 is 15.9 Å². The van der Waals surface area contributed by atoms with Gasteiger partial charge < -0.3 is 4.74 Å². The molecular weight excluding hydrogens is 306 g/mol. The van der Waals surface area contributed by atoms with Crippen LogP contribution < -0.4 is 0 Å². The first kappa shape index (κ1) is 13.7. The van der Waals surface area contributed by atoms with E-state index in [9.17, 15) is 0 Å². The monoisotopic (exact) mass is 317 g/mol. The van der Waals surface area contributed by atoms with Gasteiger partial charge in [0, 0.05) is 35.7 Å². The lowest BCUT2D eigenvalue weighted by molar-refractivity contribution is 0.115. The Hall–Kier alpha value is -1.77. The molecule has 2 rings (SSSR count). The average Bonchev–Trinajstić information content (AvgIpc) is 2.45. The third-order valence-electron chi connectivity index (χ3n) is 2.52. The van der Waals surface area contributed by atoms with Crippen molar-refractivity contribution in [2.75, 3.05) is 7.11 Å². The Morgan fingerprint density at radius 3 is 2.47 bits per heavy atom. The number of halogens is 1. The van der Waals surface area contributed by atoms with E-state index in [1.54, 1.807) is 25.7 Å². The van der Waals surface area contributed by atoms with Gasteiger partial charge >= 0.3 is 0 Å². The fraction of sp³-hybridized carbons (Fsp3) is 0.214. The highest BCUT2D eigenvalue weighted by atomic mass is 79.9. The topological polar surface area (TPSA) is 47.9 Å². The summed E-state index contributed by atoms with van der Waals surface area (Å²) in [7, 11) is 1.65. The van der Waals surface area contributed by atoms with E-state index in [0.717, 1.165) is 21.3 Å². The molecule has 0 spiro atoms. The quantitative estimate of drug-likeness (QED) is 0.799. The molecule has 0 amide bonds. The van der Waals surface area contributed by atoms with E-state index in [2.05, 4.69) is 42.7 Å². The smallest absolute Gasteiger partial charge is 0.115 e. The highest BCUT2D eigenvalue weighted by Gasteiger charge is 2.09. The minimum atomic E-state index is -0.0566. The summed E-state index contributed by atoms with van der Waals surface area (Å²) in [4.78, 5) is 12.2. The van der Waals surface area contributed by atoms with Crippen molar-refractivity contribution < 1.29 is 4.74 Å². The first-order valence-corrected chi connectivity index (χ1v) is 6.45. The average molecular weight is 318 g/mol. The summed E-state index contributed by atoms with van der Waals surface area (Å²) >= 11 is 3.48. The number of pyridine rings is 1. The molecule has 0 saturated carbocycles. The van der Waals surface area contributed by atoms with Gasteiger partial charge in [0.2, 0.25) is 0 Å². The van der Waals surface area contributed by atoms with E-state index in [0.29, 0.717) is 0 Å². The molecule has 2 aromatic rings. The second kappa shape index (κ2) is 6.41. The summed E-state index contributed by atoms with van der Waals surface area (Å²) < 4.78 is 6.13. The van der Waals surface area contributed by atoms with E-state index in [1.807, 2.05) is 13.0 Å². The summed E-state index contributed by atoms with van der Waals surface area (Å²) in [5, 5.41) is 0. The Morgan fingerprint density at radius 2 is 1.84 bits per heavy atom. The van der Waals surface area contributed by atoms with Crippen molar-refractivity contribution in [2.45, 2.75) is 13.0 Å². The fourth-order valence-corrected chi connectivity index (χ4v) is 2.11. The van der Waals surface area contributed by atoms with Crippen LogP contribution in [0.3, 0.4) is 0 Å². The van der Waals surface area contributed by atoms with Crippen LogP contribution in [-0.2, 0) is 4.74 Å². The zero-order valence-corrected chi connectivity index (χ0v) is 12.2. The molecule has 1 atom stereocenters. The molecule has 0 aliphatic carbocycles. The van der Waals surface area contributed by atoms with Crippen LogP contribution in [0.4, 0.5) is 0 Å². The molecule has 5 heteroatoms. The summed E-state index contributed by atoms with van der Waals surface area (Å²) in [6, 6.07) is 1.93. The van der Waals surface area contributed by atoms with Gasteiger partial charge in [-0.3, -0.25) is 4.98 Å². The molecule has 0 bridgehead atoms. The van der Waals surface area contributed by atoms with Crippen molar-refractivity contribution in [3.8, 4) is 11.8 Å². The van der Waals surface area contributed by atoms with Gasteiger partial charge in [0.25, 0.3) is 0 Å². The molecular formula is C14H12BrN3O. The van der Waals surface area contributed by atoms with Gasteiger partial charge in [-0.15, -0.1) is 0 Å². The maximum absolute atomic E-state index is 5.24.